The lowest BCUT2D eigenvalue weighted by Gasteiger charge is -2.34. The fraction of sp³-hybridized carbons (Fsp3) is 0.875. The quantitative estimate of drug-likeness (QED) is 0.670. The van der Waals surface area contributed by atoms with Crippen LogP contribution < -0.4 is 0 Å². The number of rotatable bonds is 6. The SMILES string of the molecule is [CH2]CCOC(F)(F)C(F)(F)C(F)(F)C(C)(F)F. The highest BCUT2D eigenvalue weighted by atomic mass is 19.4. The van der Waals surface area contributed by atoms with Gasteiger partial charge < -0.3 is 4.74 Å². The van der Waals surface area contributed by atoms with Gasteiger partial charge in [0.05, 0.1) is 6.61 Å². The van der Waals surface area contributed by atoms with E-state index in [2.05, 4.69) is 11.7 Å². The molecule has 0 N–H and O–H groups in total. The first-order valence-electron chi connectivity index (χ1n) is 4.25. The minimum atomic E-state index is -6.34. The summed E-state index contributed by atoms with van der Waals surface area (Å²) < 4.78 is 103. The molecule has 17 heavy (non-hydrogen) atoms. The van der Waals surface area contributed by atoms with Crippen molar-refractivity contribution < 1.29 is 39.9 Å². The first kappa shape index (κ1) is 16.4. The highest BCUT2D eigenvalue weighted by Crippen LogP contribution is 2.52. The smallest absolute Gasteiger partial charge is 0.316 e. The van der Waals surface area contributed by atoms with E-state index in [-0.39, 0.29) is 0 Å². The van der Waals surface area contributed by atoms with Crippen LogP contribution in [0.2, 0.25) is 0 Å². The zero-order valence-corrected chi connectivity index (χ0v) is 8.55. The fourth-order valence-electron chi connectivity index (χ4n) is 0.749. The van der Waals surface area contributed by atoms with Gasteiger partial charge in [0.1, 0.15) is 0 Å². The standard InChI is InChI=1S/C8H9F8O/c1-3-4-17-8(15,16)7(13,14)6(11,12)5(2,9)10/h1,3-4H2,2H3. The Morgan fingerprint density at radius 1 is 0.882 bits per heavy atom. The average molecular weight is 273 g/mol. The van der Waals surface area contributed by atoms with Crippen LogP contribution >= 0.6 is 0 Å². The van der Waals surface area contributed by atoms with Crippen molar-refractivity contribution in [2.24, 2.45) is 0 Å². The van der Waals surface area contributed by atoms with Gasteiger partial charge in [-0.1, -0.05) is 6.92 Å². The normalized spacial score (nSPS) is 15.2. The molecule has 0 aliphatic carbocycles. The zero-order chi connectivity index (χ0) is 14.1. The first-order chi connectivity index (χ1) is 7.31. The highest BCUT2D eigenvalue weighted by molar-refractivity contribution is 4.98. The molecule has 0 rings (SSSR count). The Labute approximate surface area is 91.7 Å². The maximum Gasteiger partial charge on any atom is 0.426 e. The minimum absolute atomic E-state index is 0.417. The van der Waals surface area contributed by atoms with E-state index in [1.165, 1.54) is 0 Å². The second-order valence-electron chi connectivity index (χ2n) is 3.26. The Hall–Kier alpha value is -0.600. The third kappa shape index (κ3) is 2.80. The lowest BCUT2D eigenvalue weighted by molar-refractivity contribution is -0.425. The van der Waals surface area contributed by atoms with Crippen molar-refractivity contribution in [3.8, 4) is 0 Å². The van der Waals surface area contributed by atoms with Crippen LogP contribution in [0, 0.1) is 6.92 Å². The molecule has 0 bridgehead atoms. The average Bonchev–Trinajstić information content (AvgIpc) is 2.12. The third-order valence-electron chi connectivity index (χ3n) is 1.74. The molecular weight excluding hydrogens is 264 g/mol. The molecule has 0 aliphatic rings. The molecule has 0 aliphatic heterocycles. The van der Waals surface area contributed by atoms with Crippen molar-refractivity contribution in [1.82, 2.24) is 0 Å². The molecule has 0 unspecified atom stereocenters. The van der Waals surface area contributed by atoms with E-state index in [1.54, 1.807) is 0 Å². The lowest BCUT2D eigenvalue weighted by atomic mass is 10.1. The van der Waals surface area contributed by atoms with E-state index < -0.39 is 43.8 Å². The van der Waals surface area contributed by atoms with Crippen LogP contribution in [0.15, 0.2) is 0 Å². The van der Waals surface area contributed by atoms with Crippen molar-refractivity contribution in [1.29, 1.82) is 0 Å². The van der Waals surface area contributed by atoms with Crippen LogP contribution in [-0.2, 0) is 4.74 Å². The predicted molar refractivity (Wildman–Crippen MR) is 41.4 cm³/mol. The number of halogens is 8. The molecule has 0 saturated heterocycles. The van der Waals surface area contributed by atoms with E-state index in [1.807, 2.05) is 0 Å². The summed E-state index contributed by atoms with van der Waals surface area (Å²) >= 11 is 0. The van der Waals surface area contributed by atoms with E-state index in [0.29, 0.717) is 0 Å². The third-order valence-corrected chi connectivity index (χ3v) is 1.74. The molecule has 0 aromatic rings. The molecule has 1 nitrogen and oxygen atoms in total. The van der Waals surface area contributed by atoms with Gasteiger partial charge in [-0.3, -0.25) is 0 Å². The Kier molecular flexibility index (Phi) is 4.42. The van der Waals surface area contributed by atoms with Crippen LogP contribution in [-0.4, -0.2) is 30.5 Å². The summed E-state index contributed by atoms with van der Waals surface area (Å²) in [6.45, 7) is 1.28. The van der Waals surface area contributed by atoms with Gasteiger partial charge in [0, 0.05) is 6.92 Å². The molecule has 0 spiro atoms. The van der Waals surface area contributed by atoms with Gasteiger partial charge in [-0.2, -0.15) is 35.1 Å². The van der Waals surface area contributed by atoms with Crippen molar-refractivity contribution in [2.45, 2.75) is 37.2 Å². The maximum atomic E-state index is 12.7. The van der Waals surface area contributed by atoms with Crippen LogP contribution in [0.4, 0.5) is 35.1 Å². The van der Waals surface area contributed by atoms with E-state index in [4.69, 9.17) is 0 Å². The summed E-state index contributed by atoms with van der Waals surface area (Å²) in [7, 11) is 0. The van der Waals surface area contributed by atoms with Crippen LogP contribution in [0.1, 0.15) is 13.3 Å². The van der Waals surface area contributed by atoms with Gasteiger partial charge in [0.2, 0.25) is 0 Å². The van der Waals surface area contributed by atoms with E-state index in [0.717, 1.165) is 0 Å². The van der Waals surface area contributed by atoms with Gasteiger partial charge in [-0.05, 0) is 6.42 Å². The predicted octanol–water partition coefficient (Wildman–Crippen LogP) is 3.75. The number of hydrogen-bond acceptors (Lipinski definition) is 1. The molecule has 0 atom stereocenters. The Morgan fingerprint density at radius 3 is 1.59 bits per heavy atom. The van der Waals surface area contributed by atoms with Crippen molar-refractivity contribution in [3.05, 3.63) is 6.92 Å². The summed E-state index contributed by atoms with van der Waals surface area (Å²) in [5, 5.41) is 0. The Balaban J connectivity index is 5.24. The number of alkyl halides is 8. The maximum absolute atomic E-state index is 12.7. The summed E-state index contributed by atoms with van der Waals surface area (Å²) in [5.41, 5.74) is 0. The van der Waals surface area contributed by atoms with Crippen molar-refractivity contribution in [3.63, 3.8) is 0 Å². The molecule has 0 aromatic carbocycles. The largest absolute Gasteiger partial charge is 0.426 e. The summed E-state index contributed by atoms with van der Waals surface area (Å²) in [6.07, 6.45) is -6.13. The van der Waals surface area contributed by atoms with Crippen LogP contribution in [0.25, 0.3) is 0 Å². The second-order valence-corrected chi connectivity index (χ2v) is 3.26. The van der Waals surface area contributed by atoms with Gasteiger partial charge in [-0.15, -0.1) is 0 Å². The monoisotopic (exact) mass is 273 g/mol. The molecule has 1 radical (unpaired) electrons. The van der Waals surface area contributed by atoms with E-state index in [9.17, 15) is 35.1 Å². The molecule has 0 amide bonds. The lowest BCUT2D eigenvalue weighted by Crippen LogP contribution is -2.62. The zero-order valence-electron chi connectivity index (χ0n) is 8.55. The second kappa shape index (κ2) is 4.58. The Morgan fingerprint density at radius 2 is 1.29 bits per heavy atom. The summed E-state index contributed by atoms with van der Waals surface area (Å²) in [4.78, 5) is 0. The van der Waals surface area contributed by atoms with Crippen molar-refractivity contribution >= 4 is 0 Å². The molecule has 0 saturated carbocycles. The summed E-state index contributed by atoms with van der Waals surface area (Å²) in [5.74, 6) is -17.9. The van der Waals surface area contributed by atoms with Crippen LogP contribution in [0.3, 0.4) is 0 Å². The molecule has 103 valence electrons. The van der Waals surface area contributed by atoms with Crippen molar-refractivity contribution in [2.75, 3.05) is 6.61 Å². The number of ether oxygens (including phenoxy) is 1. The van der Waals surface area contributed by atoms with Gasteiger partial charge in [-0.25, -0.2) is 0 Å². The molecular formula is C8H9F8O. The molecule has 9 heteroatoms. The van der Waals surface area contributed by atoms with Gasteiger partial charge in [0.25, 0.3) is 0 Å². The topological polar surface area (TPSA) is 9.23 Å². The fourth-order valence-corrected chi connectivity index (χ4v) is 0.749. The van der Waals surface area contributed by atoms with Gasteiger partial charge >= 0.3 is 23.9 Å². The van der Waals surface area contributed by atoms with E-state index >= 15 is 0 Å². The molecule has 0 heterocycles. The number of hydrogen-bond donors (Lipinski definition) is 0. The molecule has 0 fully saturated rings. The summed E-state index contributed by atoms with van der Waals surface area (Å²) in [6, 6.07) is 0. The first-order valence-corrected chi connectivity index (χ1v) is 4.25. The Bertz CT molecular complexity index is 257. The molecule has 0 aromatic heterocycles. The van der Waals surface area contributed by atoms with Gasteiger partial charge in [0.15, 0.2) is 0 Å². The minimum Gasteiger partial charge on any atom is -0.316 e. The highest BCUT2D eigenvalue weighted by Gasteiger charge is 2.80. The van der Waals surface area contributed by atoms with Crippen LogP contribution in [0.5, 0.6) is 0 Å².